The average Bonchev–Trinajstić information content (AvgIpc) is 3.51. The third-order valence-corrected chi connectivity index (χ3v) is 6.57. The molecule has 0 fully saturated rings. The number of nitrogens with zero attached hydrogens (tertiary/aromatic N) is 5. The largest absolute Gasteiger partial charge is 0.324 e. The van der Waals surface area contributed by atoms with E-state index in [-0.39, 0.29) is 17.1 Å². The van der Waals surface area contributed by atoms with Gasteiger partial charge in [-0.2, -0.15) is 5.26 Å². The Morgan fingerprint density at radius 1 is 0.579 bits per heavy atom. The Kier molecular flexibility index (Phi) is 8.43. The fraction of sp³-hybridized carbons (Fsp3) is 0.156. The monoisotopic (exact) mass is 546 g/mol. The van der Waals surface area contributed by atoms with Crippen LogP contribution in [0.2, 0.25) is 0 Å². The van der Waals surface area contributed by atoms with Crippen LogP contribution < -0.4 is 0 Å². The van der Waals surface area contributed by atoms with E-state index in [2.05, 4.69) is 120 Å². The molecule has 0 amide bonds. The summed E-state index contributed by atoms with van der Waals surface area (Å²) in [6, 6.07) is 35.7. The minimum absolute atomic E-state index is 0. The summed E-state index contributed by atoms with van der Waals surface area (Å²) in [5, 5.41) is 7.32. The summed E-state index contributed by atoms with van der Waals surface area (Å²) in [4.78, 5) is 10.1. The van der Waals surface area contributed by atoms with Gasteiger partial charge in [0.25, 0.3) is 0 Å². The summed E-state index contributed by atoms with van der Waals surface area (Å²) in [5.41, 5.74) is 8.96. The van der Waals surface area contributed by atoms with Crippen LogP contribution in [0.15, 0.2) is 97.1 Å². The molecule has 4 aromatic carbocycles. The number of aryl methyl sites for hydroxylation is 2. The van der Waals surface area contributed by atoms with E-state index in [1.807, 2.05) is 0 Å². The molecular formula is C32H29CuN5. The van der Waals surface area contributed by atoms with E-state index in [9.17, 15) is 0 Å². The molecule has 0 unspecified atom stereocenters. The molecule has 0 aliphatic carbocycles. The maximum atomic E-state index is 7.32. The van der Waals surface area contributed by atoms with Gasteiger partial charge in [0.05, 0.1) is 28.1 Å². The van der Waals surface area contributed by atoms with E-state index in [4.69, 9.17) is 15.2 Å². The van der Waals surface area contributed by atoms with Crippen molar-refractivity contribution >= 4 is 22.1 Å². The molecule has 0 atom stereocenters. The molecule has 0 saturated carbocycles. The van der Waals surface area contributed by atoms with Gasteiger partial charge in [-0.1, -0.05) is 72.8 Å². The normalized spacial score (nSPS) is 10.5. The molecule has 5 nitrogen and oxygen atoms in total. The fourth-order valence-electron chi connectivity index (χ4n) is 5.03. The Morgan fingerprint density at radius 2 is 0.895 bits per heavy atom. The zero-order chi connectivity index (χ0) is 25.8. The predicted molar refractivity (Wildman–Crippen MR) is 152 cm³/mol. The van der Waals surface area contributed by atoms with Crippen molar-refractivity contribution in [2.75, 3.05) is 0 Å². The quantitative estimate of drug-likeness (QED) is 0.206. The molecule has 0 N–H and O–H groups in total. The number of rotatable bonds is 5. The number of benzene rings is 4. The molecule has 2 heterocycles. The van der Waals surface area contributed by atoms with Crippen LogP contribution >= 0.6 is 0 Å². The van der Waals surface area contributed by atoms with Gasteiger partial charge < -0.3 is 9.13 Å². The summed E-state index contributed by atoms with van der Waals surface area (Å²) >= 11 is 0. The van der Waals surface area contributed by atoms with Crippen molar-refractivity contribution in [1.29, 1.82) is 5.26 Å². The Morgan fingerprint density at radius 3 is 1.26 bits per heavy atom. The SMILES string of the molecule is CC#N.CCn1c(-c2ccccc2-c2ccccc2-c2nc3ccccc3n2CC)nc2ccccc21.[Cu]. The van der Waals surface area contributed by atoms with Crippen molar-refractivity contribution in [3.05, 3.63) is 97.1 Å². The van der Waals surface area contributed by atoms with Gasteiger partial charge in [0.15, 0.2) is 0 Å². The number of aromatic nitrogens is 4. The van der Waals surface area contributed by atoms with Crippen molar-refractivity contribution in [2.24, 2.45) is 0 Å². The first kappa shape index (κ1) is 26.9. The van der Waals surface area contributed by atoms with Crippen LogP contribution in [-0.2, 0) is 30.2 Å². The van der Waals surface area contributed by atoms with Gasteiger partial charge >= 0.3 is 0 Å². The van der Waals surface area contributed by atoms with Crippen LogP contribution in [0.25, 0.3) is 56.0 Å². The minimum atomic E-state index is 0. The number of fused-ring (bicyclic) bond motifs is 2. The second-order valence-corrected chi connectivity index (χ2v) is 8.65. The van der Waals surface area contributed by atoms with Gasteiger partial charge in [-0.25, -0.2) is 9.97 Å². The molecule has 1 radical (unpaired) electrons. The van der Waals surface area contributed by atoms with Gasteiger partial charge in [-0.15, -0.1) is 0 Å². The first-order valence-corrected chi connectivity index (χ1v) is 12.6. The van der Waals surface area contributed by atoms with Gasteiger partial charge in [-0.05, 0) is 49.2 Å². The van der Waals surface area contributed by atoms with Crippen LogP contribution in [0, 0.1) is 11.3 Å². The molecule has 6 heteroatoms. The van der Waals surface area contributed by atoms with Gasteiger partial charge in [0.1, 0.15) is 11.6 Å². The minimum Gasteiger partial charge on any atom is -0.324 e. The molecule has 0 aliphatic heterocycles. The number of imidazole rings is 2. The molecule has 6 aromatic rings. The maximum absolute atomic E-state index is 7.32. The van der Waals surface area contributed by atoms with Crippen LogP contribution in [-0.4, -0.2) is 19.1 Å². The van der Waals surface area contributed by atoms with Crippen LogP contribution in [0.4, 0.5) is 0 Å². The van der Waals surface area contributed by atoms with E-state index in [1.54, 1.807) is 6.07 Å². The third-order valence-electron chi connectivity index (χ3n) is 6.57. The summed E-state index contributed by atoms with van der Waals surface area (Å²) in [6.45, 7) is 7.50. The summed E-state index contributed by atoms with van der Waals surface area (Å²) in [7, 11) is 0. The van der Waals surface area contributed by atoms with Crippen LogP contribution in [0.5, 0.6) is 0 Å². The molecule has 38 heavy (non-hydrogen) atoms. The topological polar surface area (TPSA) is 59.4 Å². The molecular weight excluding hydrogens is 518 g/mol. The molecule has 2 aromatic heterocycles. The van der Waals surface area contributed by atoms with E-state index in [0.29, 0.717) is 0 Å². The van der Waals surface area contributed by atoms with E-state index in [0.717, 1.165) is 69.1 Å². The van der Waals surface area contributed by atoms with E-state index >= 15 is 0 Å². The molecule has 193 valence electrons. The molecule has 0 spiro atoms. The Hall–Kier alpha value is -4.17. The second-order valence-electron chi connectivity index (χ2n) is 8.65. The fourth-order valence-corrected chi connectivity index (χ4v) is 5.03. The van der Waals surface area contributed by atoms with Crippen molar-refractivity contribution in [3.63, 3.8) is 0 Å². The standard InChI is InChI=1S/C30H26N4.C2H3N.Cu/c1-3-33-27-19-11-9-17-25(27)31-29(33)23-15-7-5-13-21(23)22-14-6-8-16-24(22)30-32-26-18-10-12-20-28(26)34(30)4-2;1-2-3;/h5-20H,3-4H2,1-2H3;1H3;. The van der Waals surface area contributed by atoms with Gasteiger partial charge in [0, 0.05) is 48.2 Å². The van der Waals surface area contributed by atoms with E-state index < -0.39 is 0 Å². The van der Waals surface area contributed by atoms with Gasteiger partial charge in [0.2, 0.25) is 0 Å². The first-order chi connectivity index (χ1) is 18.2. The van der Waals surface area contributed by atoms with Crippen LogP contribution in [0.1, 0.15) is 20.8 Å². The number of hydrogen-bond donors (Lipinski definition) is 0. The Bertz CT molecular complexity index is 1620. The zero-order valence-electron chi connectivity index (χ0n) is 21.7. The van der Waals surface area contributed by atoms with Crippen molar-refractivity contribution in [1.82, 2.24) is 19.1 Å². The number of hydrogen-bond acceptors (Lipinski definition) is 3. The van der Waals surface area contributed by atoms with Crippen molar-refractivity contribution < 1.29 is 17.1 Å². The van der Waals surface area contributed by atoms with Gasteiger partial charge in [-0.3, -0.25) is 0 Å². The first-order valence-electron chi connectivity index (χ1n) is 12.6. The van der Waals surface area contributed by atoms with Crippen molar-refractivity contribution in [2.45, 2.75) is 33.9 Å². The zero-order valence-corrected chi connectivity index (χ0v) is 22.6. The maximum Gasteiger partial charge on any atom is 0.141 e. The molecule has 6 rings (SSSR count). The smallest absolute Gasteiger partial charge is 0.141 e. The average molecular weight is 547 g/mol. The predicted octanol–water partition coefficient (Wildman–Crippen LogP) is 7.95. The third kappa shape index (κ3) is 4.75. The molecule has 0 bridgehead atoms. The second kappa shape index (κ2) is 11.9. The summed E-state index contributed by atoms with van der Waals surface area (Å²) in [5.74, 6) is 2.00. The molecule has 0 aliphatic rings. The molecule has 0 saturated heterocycles. The Labute approximate surface area is 233 Å². The Balaban J connectivity index is 0.000000804. The summed E-state index contributed by atoms with van der Waals surface area (Å²) in [6.07, 6.45) is 0. The van der Waals surface area contributed by atoms with E-state index in [1.165, 1.54) is 6.92 Å². The number of nitriles is 1. The summed E-state index contributed by atoms with van der Waals surface area (Å²) < 4.78 is 4.61. The van der Waals surface area contributed by atoms with Crippen LogP contribution in [0.3, 0.4) is 0 Å². The van der Waals surface area contributed by atoms with Crippen molar-refractivity contribution in [3.8, 4) is 40.0 Å². The number of para-hydroxylation sites is 4.